The molecule has 0 fully saturated rings. The molecule has 0 heterocycles. The third kappa shape index (κ3) is 4.31. The average molecular weight is 221 g/mol. The van der Waals surface area contributed by atoms with Crippen molar-refractivity contribution in [1.82, 2.24) is 4.90 Å². The molecule has 0 unspecified atom stereocenters. The van der Waals surface area contributed by atoms with E-state index >= 15 is 0 Å². The van der Waals surface area contributed by atoms with Crippen LogP contribution in [-0.4, -0.2) is 35.6 Å². The summed E-state index contributed by atoms with van der Waals surface area (Å²) in [5.41, 5.74) is 6.78. The molecule has 0 radical (unpaired) electrons. The Kier molecular flexibility index (Phi) is 5.36. The highest BCUT2D eigenvalue weighted by Crippen LogP contribution is 2.01. The van der Waals surface area contributed by atoms with Crippen molar-refractivity contribution in [2.45, 2.75) is 13.3 Å². The third-order valence-corrected chi connectivity index (χ3v) is 2.52. The van der Waals surface area contributed by atoms with E-state index in [9.17, 15) is 0 Å². The van der Waals surface area contributed by atoms with Crippen LogP contribution in [0.3, 0.4) is 0 Å². The normalized spacial score (nSPS) is 12.0. The Balaban J connectivity index is 2.40. The lowest BCUT2D eigenvalue weighted by atomic mass is 10.1. The van der Waals surface area contributed by atoms with Gasteiger partial charge in [-0.05, 0) is 18.5 Å². The summed E-state index contributed by atoms with van der Waals surface area (Å²) in [6.07, 6.45) is 0.980. The Morgan fingerprint density at radius 1 is 1.38 bits per heavy atom. The van der Waals surface area contributed by atoms with Gasteiger partial charge in [0.05, 0.1) is 6.54 Å². The van der Waals surface area contributed by atoms with E-state index in [2.05, 4.69) is 29.1 Å². The number of amidine groups is 1. The first-order valence-corrected chi connectivity index (χ1v) is 5.49. The summed E-state index contributed by atoms with van der Waals surface area (Å²) in [4.78, 5) is 2.14. The molecule has 0 amide bonds. The molecule has 0 saturated carbocycles. The lowest BCUT2D eigenvalue weighted by Crippen LogP contribution is -2.35. The second-order valence-electron chi connectivity index (χ2n) is 3.70. The molecule has 0 aliphatic rings. The van der Waals surface area contributed by atoms with E-state index in [0.717, 1.165) is 19.5 Å². The minimum absolute atomic E-state index is 0.259. The van der Waals surface area contributed by atoms with Crippen molar-refractivity contribution in [3.63, 3.8) is 0 Å². The second-order valence-corrected chi connectivity index (χ2v) is 3.70. The Morgan fingerprint density at radius 2 is 2.06 bits per heavy atom. The smallest absolute Gasteiger partial charge is 0.153 e. The number of hydrogen-bond donors (Lipinski definition) is 2. The fourth-order valence-corrected chi connectivity index (χ4v) is 1.54. The molecule has 1 aromatic carbocycles. The summed E-state index contributed by atoms with van der Waals surface area (Å²) in [5.74, 6) is 0.259. The Morgan fingerprint density at radius 3 is 2.62 bits per heavy atom. The molecule has 1 aromatic rings. The van der Waals surface area contributed by atoms with Gasteiger partial charge in [0.1, 0.15) is 0 Å². The first-order chi connectivity index (χ1) is 7.76. The lowest BCUT2D eigenvalue weighted by molar-refractivity contribution is 0.300. The van der Waals surface area contributed by atoms with Crippen LogP contribution in [0.1, 0.15) is 12.5 Å². The minimum Gasteiger partial charge on any atom is -0.409 e. The van der Waals surface area contributed by atoms with Crippen LogP contribution in [0.2, 0.25) is 0 Å². The maximum Gasteiger partial charge on any atom is 0.153 e. The van der Waals surface area contributed by atoms with Crippen LogP contribution in [0.25, 0.3) is 0 Å². The van der Waals surface area contributed by atoms with Gasteiger partial charge in [-0.15, -0.1) is 0 Å². The van der Waals surface area contributed by atoms with Gasteiger partial charge in [-0.2, -0.15) is 0 Å². The summed E-state index contributed by atoms with van der Waals surface area (Å²) in [6.45, 7) is 4.38. The molecule has 0 aliphatic heterocycles. The molecule has 0 bridgehead atoms. The van der Waals surface area contributed by atoms with E-state index in [4.69, 9.17) is 10.9 Å². The quantitative estimate of drug-likeness (QED) is 0.329. The maximum absolute atomic E-state index is 8.50. The van der Waals surface area contributed by atoms with Crippen LogP contribution >= 0.6 is 0 Å². The van der Waals surface area contributed by atoms with Crippen molar-refractivity contribution >= 4 is 5.84 Å². The zero-order valence-electron chi connectivity index (χ0n) is 9.63. The molecule has 88 valence electrons. The fourth-order valence-electron chi connectivity index (χ4n) is 1.54. The molecular weight excluding hydrogens is 202 g/mol. The van der Waals surface area contributed by atoms with Crippen LogP contribution in [-0.2, 0) is 6.42 Å². The van der Waals surface area contributed by atoms with E-state index < -0.39 is 0 Å². The third-order valence-electron chi connectivity index (χ3n) is 2.52. The summed E-state index contributed by atoms with van der Waals surface area (Å²) in [7, 11) is 0. The van der Waals surface area contributed by atoms with Crippen LogP contribution in [0.5, 0.6) is 0 Å². The zero-order chi connectivity index (χ0) is 11.8. The number of benzene rings is 1. The van der Waals surface area contributed by atoms with Gasteiger partial charge in [-0.1, -0.05) is 42.4 Å². The van der Waals surface area contributed by atoms with Crippen molar-refractivity contribution < 1.29 is 5.21 Å². The average Bonchev–Trinajstić information content (AvgIpc) is 2.35. The molecule has 0 saturated heterocycles. The van der Waals surface area contributed by atoms with Crippen LogP contribution in [0.4, 0.5) is 0 Å². The van der Waals surface area contributed by atoms with Gasteiger partial charge in [0.15, 0.2) is 5.84 Å². The van der Waals surface area contributed by atoms with Gasteiger partial charge in [-0.25, -0.2) is 0 Å². The van der Waals surface area contributed by atoms with Crippen LogP contribution in [0.15, 0.2) is 35.5 Å². The number of rotatable bonds is 6. The minimum atomic E-state index is 0.259. The largest absolute Gasteiger partial charge is 0.409 e. The van der Waals surface area contributed by atoms with Gasteiger partial charge >= 0.3 is 0 Å². The van der Waals surface area contributed by atoms with E-state index in [1.54, 1.807) is 0 Å². The number of nitrogens with two attached hydrogens (primary N) is 1. The number of nitrogens with zero attached hydrogens (tertiary/aromatic N) is 2. The van der Waals surface area contributed by atoms with E-state index in [1.807, 2.05) is 18.2 Å². The van der Waals surface area contributed by atoms with Crippen molar-refractivity contribution in [2.75, 3.05) is 19.6 Å². The SMILES string of the molecule is CCN(CCc1ccccc1)CC(N)=NO. The first-order valence-electron chi connectivity index (χ1n) is 5.49. The maximum atomic E-state index is 8.50. The summed E-state index contributed by atoms with van der Waals surface area (Å²) < 4.78 is 0. The fraction of sp³-hybridized carbons (Fsp3) is 0.417. The Hall–Kier alpha value is -1.55. The van der Waals surface area contributed by atoms with Gasteiger partial charge < -0.3 is 10.9 Å². The summed E-state index contributed by atoms with van der Waals surface area (Å²) in [5, 5.41) is 11.5. The van der Waals surface area contributed by atoms with Crippen molar-refractivity contribution in [2.24, 2.45) is 10.9 Å². The zero-order valence-corrected chi connectivity index (χ0v) is 9.63. The van der Waals surface area contributed by atoms with Crippen LogP contribution < -0.4 is 5.73 Å². The van der Waals surface area contributed by atoms with E-state index in [1.165, 1.54) is 5.56 Å². The van der Waals surface area contributed by atoms with Crippen molar-refractivity contribution in [3.8, 4) is 0 Å². The predicted octanol–water partition coefficient (Wildman–Crippen LogP) is 1.30. The number of oxime groups is 1. The Labute approximate surface area is 96.4 Å². The summed E-state index contributed by atoms with van der Waals surface area (Å²) in [6, 6.07) is 10.3. The first kappa shape index (κ1) is 12.5. The predicted molar refractivity (Wildman–Crippen MR) is 65.7 cm³/mol. The lowest BCUT2D eigenvalue weighted by Gasteiger charge is -2.19. The molecule has 0 aliphatic carbocycles. The highest BCUT2D eigenvalue weighted by Gasteiger charge is 2.04. The molecule has 16 heavy (non-hydrogen) atoms. The van der Waals surface area contributed by atoms with Crippen molar-refractivity contribution in [3.05, 3.63) is 35.9 Å². The van der Waals surface area contributed by atoms with Gasteiger partial charge in [0.25, 0.3) is 0 Å². The topological polar surface area (TPSA) is 61.8 Å². The van der Waals surface area contributed by atoms with Gasteiger partial charge in [0, 0.05) is 6.54 Å². The molecule has 0 spiro atoms. The Bertz CT molecular complexity index is 324. The second kappa shape index (κ2) is 6.85. The number of hydrogen-bond acceptors (Lipinski definition) is 3. The summed E-state index contributed by atoms with van der Waals surface area (Å²) >= 11 is 0. The molecule has 4 heteroatoms. The molecular formula is C12H19N3O. The highest BCUT2D eigenvalue weighted by molar-refractivity contribution is 5.81. The molecule has 3 N–H and O–H groups in total. The van der Waals surface area contributed by atoms with E-state index in [0.29, 0.717) is 6.54 Å². The van der Waals surface area contributed by atoms with Crippen molar-refractivity contribution in [1.29, 1.82) is 0 Å². The monoisotopic (exact) mass is 221 g/mol. The van der Waals surface area contributed by atoms with Gasteiger partial charge in [0.2, 0.25) is 0 Å². The molecule has 1 rings (SSSR count). The molecule has 4 nitrogen and oxygen atoms in total. The molecule has 0 aromatic heterocycles. The van der Waals surface area contributed by atoms with E-state index in [-0.39, 0.29) is 5.84 Å². The highest BCUT2D eigenvalue weighted by atomic mass is 16.4. The van der Waals surface area contributed by atoms with Crippen LogP contribution in [0, 0.1) is 0 Å². The number of likely N-dealkylation sites (N-methyl/N-ethyl adjacent to an activating group) is 1. The van der Waals surface area contributed by atoms with Gasteiger partial charge in [-0.3, -0.25) is 4.90 Å². The standard InChI is InChI=1S/C12H19N3O/c1-2-15(10-12(13)14-16)9-8-11-6-4-3-5-7-11/h3-7,16H,2,8-10H2,1H3,(H2,13,14). The molecule has 0 atom stereocenters.